The number of amides is 2. The van der Waals surface area contributed by atoms with Gasteiger partial charge in [0.05, 0.1) is 5.92 Å². The highest BCUT2D eigenvalue weighted by Gasteiger charge is 2.31. The van der Waals surface area contributed by atoms with Gasteiger partial charge in [-0.3, -0.25) is 14.4 Å². The topological polar surface area (TPSA) is 95.5 Å². The fourth-order valence-corrected chi connectivity index (χ4v) is 3.55. The van der Waals surface area contributed by atoms with E-state index in [1.165, 1.54) is 0 Å². The molecule has 24 heavy (non-hydrogen) atoms. The predicted octanol–water partition coefficient (Wildman–Crippen LogP) is 2.79. The minimum Gasteiger partial charge on any atom is -0.481 e. The van der Waals surface area contributed by atoms with Gasteiger partial charge in [0.1, 0.15) is 0 Å². The number of carboxylic acids is 1. The summed E-state index contributed by atoms with van der Waals surface area (Å²) in [6, 6.07) is 5.49. The van der Waals surface area contributed by atoms with Crippen LogP contribution in [0.15, 0.2) is 18.2 Å². The van der Waals surface area contributed by atoms with E-state index in [1.54, 1.807) is 6.07 Å². The Hall–Kier alpha value is -2.37. The number of hydrogen-bond acceptors (Lipinski definition) is 3. The fourth-order valence-electron chi connectivity index (χ4n) is 3.55. The van der Waals surface area contributed by atoms with Crippen LogP contribution < -0.4 is 10.6 Å². The summed E-state index contributed by atoms with van der Waals surface area (Å²) in [5.41, 5.74) is 2.53. The first-order chi connectivity index (χ1) is 11.5. The molecule has 3 N–H and O–H groups in total. The van der Waals surface area contributed by atoms with Gasteiger partial charge in [-0.25, -0.2) is 0 Å². The van der Waals surface area contributed by atoms with E-state index in [0.717, 1.165) is 36.9 Å². The van der Waals surface area contributed by atoms with Gasteiger partial charge in [0, 0.05) is 23.7 Å². The number of aliphatic carboxylic acids is 1. The third-order valence-electron chi connectivity index (χ3n) is 4.89. The zero-order valence-corrected chi connectivity index (χ0v) is 13.5. The highest BCUT2D eigenvalue weighted by Crippen LogP contribution is 2.31. The number of rotatable bonds is 3. The number of carbonyl (C=O) groups excluding carboxylic acids is 2. The lowest BCUT2D eigenvalue weighted by Crippen LogP contribution is -2.30. The van der Waals surface area contributed by atoms with Crippen LogP contribution in [0.2, 0.25) is 0 Å². The predicted molar refractivity (Wildman–Crippen MR) is 89.7 cm³/mol. The molecular weight excluding hydrogens is 308 g/mol. The number of aryl methyl sites for hydroxylation is 1. The molecule has 0 saturated heterocycles. The number of carboxylic acid groups (broad SMARTS) is 1. The molecule has 0 spiro atoms. The van der Waals surface area contributed by atoms with Crippen LogP contribution in [0.4, 0.5) is 11.4 Å². The molecule has 6 nitrogen and oxygen atoms in total. The Labute approximate surface area is 140 Å². The Morgan fingerprint density at radius 2 is 1.92 bits per heavy atom. The van der Waals surface area contributed by atoms with Crippen molar-refractivity contribution in [1.82, 2.24) is 0 Å². The van der Waals surface area contributed by atoms with Crippen molar-refractivity contribution in [3.05, 3.63) is 23.8 Å². The van der Waals surface area contributed by atoms with Gasteiger partial charge in [0.25, 0.3) is 0 Å². The van der Waals surface area contributed by atoms with Gasteiger partial charge in [-0.05, 0) is 55.9 Å². The molecule has 3 rings (SSSR count). The summed E-state index contributed by atoms with van der Waals surface area (Å²) < 4.78 is 0. The number of hydrogen-bond donors (Lipinski definition) is 3. The lowest BCUT2D eigenvalue weighted by molar-refractivity contribution is -0.143. The second-order valence-corrected chi connectivity index (χ2v) is 6.66. The van der Waals surface area contributed by atoms with Crippen LogP contribution in [0.5, 0.6) is 0 Å². The Balaban J connectivity index is 1.67. The largest absolute Gasteiger partial charge is 0.481 e. The van der Waals surface area contributed by atoms with E-state index in [9.17, 15) is 14.4 Å². The molecule has 6 heteroatoms. The van der Waals surface area contributed by atoms with E-state index in [0.29, 0.717) is 24.9 Å². The second kappa shape index (κ2) is 7.03. The first-order valence-electron chi connectivity index (χ1n) is 8.49. The first kappa shape index (κ1) is 16.5. The maximum atomic E-state index is 12.4. The maximum Gasteiger partial charge on any atom is 0.306 e. The third kappa shape index (κ3) is 3.75. The van der Waals surface area contributed by atoms with E-state index in [2.05, 4.69) is 10.6 Å². The van der Waals surface area contributed by atoms with Gasteiger partial charge in [0.15, 0.2) is 0 Å². The van der Waals surface area contributed by atoms with E-state index >= 15 is 0 Å². The average Bonchev–Trinajstić information content (AvgIpc) is 2.75. The zero-order valence-electron chi connectivity index (χ0n) is 13.5. The highest BCUT2D eigenvalue weighted by atomic mass is 16.4. The van der Waals surface area contributed by atoms with Crippen LogP contribution >= 0.6 is 0 Å². The molecule has 0 aromatic heterocycles. The molecule has 1 saturated carbocycles. The molecule has 1 aliphatic carbocycles. The van der Waals surface area contributed by atoms with Crippen LogP contribution in [0.3, 0.4) is 0 Å². The molecule has 2 aliphatic rings. The average molecular weight is 330 g/mol. The fraction of sp³-hybridized carbons (Fsp3) is 0.500. The molecule has 2 unspecified atom stereocenters. The third-order valence-corrected chi connectivity index (χ3v) is 4.89. The Morgan fingerprint density at radius 3 is 2.71 bits per heavy atom. The number of carbonyl (C=O) groups is 3. The molecule has 1 heterocycles. The van der Waals surface area contributed by atoms with Gasteiger partial charge in [-0.2, -0.15) is 0 Å². The molecular formula is C18H22N2O4. The Morgan fingerprint density at radius 1 is 1.12 bits per heavy atom. The van der Waals surface area contributed by atoms with Crippen molar-refractivity contribution >= 4 is 29.2 Å². The van der Waals surface area contributed by atoms with Gasteiger partial charge >= 0.3 is 5.97 Å². The summed E-state index contributed by atoms with van der Waals surface area (Å²) in [4.78, 5) is 35.2. The first-order valence-corrected chi connectivity index (χ1v) is 8.49. The normalized spacial score (nSPS) is 23.6. The Bertz CT molecular complexity index is 671. The van der Waals surface area contributed by atoms with Gasteiger partial charge in [-0.1, -0.05) is 6.42 Å². The summed E-state index contributed by atoms with van der Waals surface area (Å²) in [6.07, 6.45) is 4.65. The molecule has 1 aromatic rings. The molecule has 1 aliphatic heterocycles. The van der Waals surface area contributed by atoms with Gasteiger partial charge in [-0.15, -0.1) is 0 Å². The number of anilines is 2. The lowest BCUT2D eigenvalue weighted by atomic mass is 9.81. The van der Waals surface area contributed by atoms with Crippen molar-refractivity contribution in [2.24, 2.45) is 11.8 Å². The van der Waals surface area contributed by atoms with Crippen molar-refractivity contribution in [2.75, 3.05) is 10.6 Å². The van der Waals surface area contributed by atoms with Crippen LogP contribution in [-0.4, -0.2) is 22.9 Å². The summed E-state index contributed by atoms with van der Waals surface area (Å²) in [5, 5.41) is 14.9. The minimum atomic E-state index is -0.812. The van der Waals surface area contributed by atoms with Crippen LogP contribution in [0, 0.1) is 11.8 Å². The Kier molecular flexibility index (Phi) is 4.83. The maximum absolute atomic E-state index is 12.4. The minimum absolute atomic E-state index is 0.0208. The summed E-state index contributed by atoms with van der Waals surface area (Å²) >= 11 is 0. The van der Waals surface area contributed by atoms with Crippen LogP contribution in [0.1, 0.15) is 44.1 Å². The highest BCUT2D eigenvalue weighted by molar-refractivity contribution is 5.95. The molecule has 2 atom stereocenters. The van der Waals surface area contributed by atoms with E-state index in [1.807, 2.05) is 12.1 Å². The van der Waals surface area contributed by atoms with Crippen LogP contribution in [0.25, 0.3) is 0 Å². The molecule has 1 fully saturated rings. The standard InChI is InChI=1S/C18H22N2O4/c21-16-6-2-3-11-10-14(7-8-15(11)20-16)19-17(22)12-4-1-5-13(9-12)18(23)24/h7-8,10,12-13H,1-6,9H2,(H,19,22)(H,20,21)(H,23,24). The molecule has 2 amide bonds. The monoisotopic (exact) mass is 330 g/mol. The van der Waals surface area contributed by atoms with E-state index in [4.69, 9.17) is 5.11 Å². The molecule has 0 bridgehead atoms. The summed E-state index contributed by atoms with van der Waals surface area (Å²) in [6.45, 7) is 0. The van der Waals surface area contributed by atoms with Crippen LogP contribution in [-0.2, 0) is 20.8 Å². The smallest absolute Gasteiger partial charge is 0.306 e. The van der Waals surface area contributed by atoms with Crippen molar-refractivity contribution in [1.29, 1.82) is 0 Å². The van der Waals surface area contributed by atoms with Crippen molar-refractivity contribution in [3.8, 4) is 0 Å². The van der Waals surface area contributed by atoms with Crippen molar-refractivity contribution in [3.63, 3.8) is 0 Å². The quantitative estimate of drug-likeness (QED) is 0.794. The number of benzene rings is 1. The number of nitrogens with one attached hydrogen (secondary N) is 2. The van der Waals surface area contributed by atoms with Gasteiger partial charge < -0.3 is 15.7 Å². The molecule has 0 radical (unpaired) electrons. The second-order valence-electron chi connectivity index (χ2n) is 6.66. The van der Waals surface area contributed by atoms with Crippen molar-refractivity contribution < 1.29 is 19.5 Å². The summed E-state index contributed by atoms with van der Waals surface area (Å²) in [7, 11) is 0. The SMILES string of the molecule is O=C1CCCc2cc(NC(=O)C3CCCC(C(=O)O)C3)ccc2N1. The molecule has 1 aromatic carbocycles. The zero-order chi connectivity index (χ0) is 17.1. The van der Waals surface area contributed by atoms with E-state index in [-0.39, 0.29) is 17.7 Å². The lowest BCUT2D eigenvalue weighted by Gasteiger charge is -2.25. The van der Waals surface area contributed by atoms with Gasteiger partial charge in [0.2, 0.25) is 11.8 Å². The van der Waals surface area contributed by atoms with Crippen molar-refractivity contribution in [2.45, 2.75) is 44.9 Å². The summed E-state index contributed by atoms with van der Waals surface area (Å²) in [5.74, 6) is -1.57. The van der Waals surface area contributed by atoms with E-state index < -0.39 is 11.9 Å². The number of fused-ring (bicyclic) bond motifs is 1. The molecule has 128 valence electrons.